The number of hydrogen-bond donors (Lipinski definition) is 2. The third kappa shape index (κ3) is 7.08. The molecular formula is C22H37N5O. The van der Waals surface area contributed by atoms with E-state index in [0.717, 1.165) is 58.4 Å². The fraction of sp³-hybridized carbons (Fsp3) is 0.682. The molecule has 28 heavy (non-hydrogen) atoms. The third-order valence-corrected chi connectivity index (χ3v) is 5.60. The second-order valence-corrected chi connectivity index (χ2v) is 8.12. The van der Waals surface area contributed by atoms with Gasteiger partial charge in [-0.1, -0.05) is 31.2 Å². The zero-order valence-electron chi connectivity index (χ0n) is 17.6. The van der Waals surface area contributed by atoms with Gasteiger partial charge < -0.3 is 15.4 Å². The quantitative estimate of drug-likeness (QED) is 0.527. The van der Waals surface area contributed by atoms with Crippen molar-refractivity contribution in [1.82, 2.24) is 20.4 Å². The van der Waals surface area contributed by atoms with E-state index in [1.54, 1.807) is 0 Å². The van der Waals surface area contributed by atoms with Gasteiger partial charge in [0.2, 0.25) is 0 Å². The van der Waals surface area contributed by atoms with Crippen LogP contribution in [0.1, 0.15) is 30.9 Å². The molecule has 1 aromatic rings. The summed E-state index contributed by atoms with van der Waals surface area (Å²) in [6, 6.07) is 8.98. The molecule has 1 unspecified atom stereocenters. The van der Waals surface area contributed by atoms with Crippen LogP contribution in [0.2, 0.25) is 0 Å². The molecular weight excluding hydrogens is 350 g/mol. The molecule has 2 fully saturated rings. The van der Waals surface area contributed by atoms with Crippen LogP contribution in [0.3, 0.4) is 0 Å². The number of aliphatic imine (C=N–C) groups is 1. The Morgan fingerprint density at radius 2 is 1.68 bits per heavy atom. The minimum Gasteiger partial charge on any atom is -0.379 e. The maximum Gasteiger partial charge on any atom is 0.191 e. The summed E-state index contributed by atoms with van der Waals surface area (Å²) in [5.41, 5.74) is 2.69. The minimum absolute atomic E-state index is 0.571. The Morgan fingerprint density at radius 1 is 1.00 bits per heavy atom. The van der Waals surface area contributed by atoms with Crippen LogP contribution in [-0.2, 0) is 17.8 Å². The van der Waals surface area contributed by atoms with Gasteiger partial charge in [0, 0.05) is 46.3 Å². The van der Waals surface area contributed by atoms with Crippen molar-refractivity contribution in [3.05, 3.63) is 35.4 Å². The van der Waals surface area contributed by atoms with Gasteiger partial charge >= 0.3 is 0 Å². The predicted octanol–water partition coefficient (Wildman–Crippen LogP) is 1.92. The standard InChI is InChI=1S/C22H37N5O/c1-19(17-27-11-13-28-14-12-27)15-24-22(23-2)25-16-20-5-7-21(8-6-20)18-26-9-3-4-10-26/h5-8,19H,3-4,9-18H2,1-2H3,(H2,23,24,25). The van der Waals surface area contributed by atoms with Gasteiger partial charge in [-0.25, -0.2) is 0 Å². The van der Waals surface area contributed by atoms with Crippen molar-refractivity contribution in [2.75, 3.05) is 59.5 Å². The van der Waals surface area contributed by atoms with Gasteiger partial charge in [0.05, 0.1) is 13.2 Å². The van der Waals surface area contributed by atoms with E-state index in [9.17, 15) is 0 Å². The van der Waals surface area contributed by atoms with E-state index in [-0.39, 0.29) is 0 Å². The largest absolute Gasteiger partial charge is 0.379 e. The Balaban J connectivity index is 1.36. The number of hydrogen-bond acceptors (Lipinski definition) is 4. The molecule has 6 nitrogen and oxygen atoms in total. The van der Waals surface area contributed by atoms with E-state index >= 15 is 0 Å². The number of guanidine groups is 1. The number of rotatable bonds is 8. The van der Waals surface area contributed by atoms with Crippen molar-refractivity contribution in [2.24, 2.45) is 10.9 Å². The smallest absolute Gasteiger partial charge is 0.191 e. The molecule has 0 bridgehead atoms. The Labute approximate surface area is 170 Å². The number of nitrogens with zero attached hydrogens (tertiary/aromatic N) is 3. The fourth-order valence-corrected chi connectivity index (χ4v) is 3.93. The minimum atomic E-state index is 0.571. The van der Waals surface area contributed by atoms with E-state index in [1.165, 1.54) is 37.1 Å². The molecule has 0 spiro atoms. The molecule has 2 saturated heterocycles. The van der Waals surface area contributed by atoms with Crippen LogP contribution in [0.5, 0.6) is 0 Å². The highest BCUT2D eigenvalue weighted by Gasteiger charge is 2.14. The normalized spacial score (nSPS) is 20.3. The maximum absolute atomic E-state index is 5.42. The molecule has 0 aliphatic carbocycles. The van der Waals surface area contributed by atoms with Gasteiger partial charge in [-0.3, -0.25) is 14.8 Å². The Hall–Kier alpha value is -1.63. The van der Waals surface area contributed by atoms with Crippen LogP contribution in [0, 0.1) is 5.92 Å². The monoisotopic (exact) mass is 387 g/mol. The van der Waals surface area contributed by atoms with E-state index < -0.39 is 0 Å². The highest BCUT2D eigenvalue weighted by Crippen LogP contribution is 2.13. The van der Waals surface area contributed by atoms with Gasteiger partial charge in [-0.15, -0.1) is 0 Å². The summed E-state index contributed by atoms with van der Waals surface area (Å²) >= 11 is 0. The van der Waals surface area contributed by atoms with Gasteiger partial charge in [-0.2, -0.15) is 0 Å². The summed E-state index contributed by atoms with van der Waals surface area (Å²) < 4.78 is 5.42. The summed E-state index contributed by atoms with van der Waals surface area (Å²) in [7, 11) is 1.83. The number of nitrogens with one attached hydrogen (secondary N) is 2. The van der Waals surface area contributed by atoms with Crippen molar-refractivity contribution in [2.45, 2.75) is 32.9 Å². The molecule has 0 radical (unpaired) electrons. The van der Waals surface area contributed by atoms with Crippen LogP contribution in [0.4, 0.5) is 0 Å². The first kappa shape index (κ1) is 21.1. The van der Waals surface area contributed by atoms with Crippen LogP contribution in [0.25, 0.3) is 0 Å². The molecule has 2 N–H and O–H groups in total. The zero-order chi connectivity index (χ0) is 19.6. The number of ether oxygens (including phenoxy) is 1. The number of benzene rings is 1. The summed E-state index contributed by atoms with van der Waals surface area (Å²) in [6.07, 6.45) is 2.69. The van der Waals surface area contributed by atoms with Gasteiger partial charge in [-0.05, 0) is 43.0 Å². The molecule has 0 amide bonds. The topological polar surface area (TPSA) is 52.1 Å². The lowest BCUT2D eigenvalue weighted by Crippen LogP contribution is -2.43. The van der Waals surface area contributed by atoms with Crippen molar-refractivity contribution < 1.29 is 4.74 Å². The highest BCUT2D eigenvalue weighted by molar-refractivity contribution is 5.79. The predicted molar refractivity (Wildman–Crippen MR) is 116 cm³/mol. The second kappa shape index (κ2) is 11.4. The first-order valence-electron chi connectivity index (χ1n) is 10.8. The van der Waals surface area contributed by atoms with Crippen LogP contribution < -0.4 is 10.6 Å². The molecule has 0 saturated carbocycles. The summed E-state index contributed by atoms with van der Waals surface area (Å²) in [4.78, 5) is 9.38. The Bertz CT molecular complexity index is 591. The second-order valence-electron chi connectivity index (χ2n) is 8.12. The zero-order valence-corrected chi connectivity index (χ0v) is 17.6. The summed E-state index contributed by atoms with van der Waals surface area (Å²) in [6.45, 7) is 12.5. The SMILES string of the molecule is CN=C(NCc1ccc(CN2CCCC2)cc1)NCC(C)CN1CCOCC1. The lowest BCUT2D eigenvalue weighted by atomic mass is 10.1. The van der Waals surface area contributed by atoms with E-state index in [0.29, 0.717) is 5.92 Å². The van der Waals surface area contributed by atoms with E-state index in [4.69, 9.17) is 4.74 Å². The fourth-order valence-electron chi connectivity index (χ4n) is 3.93. The average Bonchev–Trinajstić information content (AvgIpc) is 3.23. The first-order chi connectivity index (χ1) is 13.7. The molecule has 0 aromatic heterocycles. The molecule has 2 aliphatic heterocycles. The van der Waals surface area contributed by atoms with Crippen LogP contribution in [-0.4, -0.2) is 75.3 Å². The van der Waals surface area contributed by atoms with Crippen molar-refractivity contribution >= 4 is 5.96 Å². The van der Waals surface area contributed by atoms with Crippen molar-refractivity contribution in [1.29, 1.82) is 0 Å². The molecule has 6 heteroatoms. The maximum atomic E-state index is 5.42. The third-order valence-electron chi connectivity index (χ3n) is 5.60. The van der Waals surface area contributed by atoms with Crippen molar-refractivity contribution in [3.63, 3.8) is 0 Å². The van der Waals surface area contributed by atoms with E-state index in [1.807, 2.05) is 7.05 Å². The average molecular weight is 388 g/mol. The molecule has 3 rings (SSSR count). The highest BCUT2D eigenvalue weighted by atomic mass is 16.5. The first-order valence-corrected chi connectivity index (χ1v) is 10.8. The van der Waals surface area contributed by atoms with Gasteiger partial charge in [0.1, 0.15) is 0 Å². The summed E-state index contributed by atoms with van der Waals surface area (Å²) in [5, 5.41) is 6.90. The molecule has 1 aromatic carbocycles. The summed E-state index contributed by atoms with van der Waals surface area (Å²) in [5.74, 6) is 1.44. The van der Waals surface area contributed by atoms with Crippen LogP contribution >= 0.6 is 0 Å². The lowest BCUT2D eigenvalue weighted by molar-refractivity contribution is 0.0320. The van der Waals surface area contributed by atoms with Gasteiger partial charge in [0.25, 0.3) is 0 Å². The number of morpholine rings is 1. The Morgan fingerprint density at radius 3 is 2.36 bits per heavy atom. The molecule has 2 heterocycles. The lowest BCUT2D eigenvalue weighted by Gasteiger charge is -2.29. The van der Waals surface area contributed by atoms with Crippen molar-refractivity contribution in [3.8, 4) is 0 Å². The van der Waals surface area contributed by atoms with Gasteiger partial charge in [0.15, 0.2) is 5.96 Å². The molecule has 1 atom stereocenters. The number of likely N-dealkylation sites (tertiary alicyclic amines) is 1. The van der Waals surface area contributed by atoms with Crippen LogP contribution in [0.15, 0.2) is 29.3 Å². The molecule has 2 aliphatic rings. The molecule has 156 valence electrons. The Kier molecular flexibility index (Phi) is 8.58. The van der Waals surface area contributed by atoms with E-state index in [2.05, 4.69) is 56.6 Å².